The van der Waals surface area contributed by atoms with Crippen molar-refractivity contribution in [3.8, 4) is 5.75 Å². The van der Waals surface area contributed by atoms with E-state index in [0.29, 0.717) is 19.5 Å². The molecule has 1 aliphatic carbocycles. The SMILES string of the molecule is O=C(c1c[nH]c(=O)cc1O)N1CCC2(CCCN(CCC3CCCCC3)C2=O)C1. The molecule has 1 unspecified atom stereocenters. The first kappa shape index (κ1) is 20.0. The maximum Gasteiger partial charge on any atom is 0.259 e. The molecule has 1 aromatic rings. The van der Waals surface area contributed by atoms with Crippen LogP contribution in [0.3, 0.4) is 0 Å². The standard InChI is InChI=1S/C22H31N3O4/c26-18-13-19(27)23-14-17(18)20(28)25-12-9-22(15-25)8-4-10-24(21(22)29)11-7-16-5-2-1-3-6-16/h13-14,16H,1-12,15H2,(H2,23,26,27). The van der Waals surface area contributed by atoms with E-state index in [-0.39, 0.29) is 23.1 Å². The molecule has 3 aliphatic rings. The van der Waals surface area contributed by atoms with Gasteiger partial charge < -0.3 is 19.9 Å². The minimum Gasteiger partial charge on any atom is -0.507 e. The van der Waals surface area contributed by atoms with E-state index in [1.165, 1.54) is 38.3 Å². The fourth-order valence-electron chi connectivity index (χ4n) is 5.41. The number of aromatic hydroxyl groups is 1. The van der Waals surface area contributed by atoms with E-state index in [9.17, 15) is 19.5 Å². The van der Waals surface area contributed by atoms with Crippen LogP contribution < -0.4 is 5.56 Å². The summed E-state index contributed by atoms with van der Waals surface area (Å²) < 4.78 is 0. The number of rotatable bonds is 4. The van der Waals surface area contributed by atoms with Gasteiger partial charge in [0.05, 0.1) is 11.0 Å². The Kier molecular flexibility index (Phi) is 5.65. The van der Waals surface area contributed by atoms with Crippen molar-refractivity contribution in [1.29, 1.82) is 0 Å². The van der Waals surface area contributed by atoms with Gasteiger partial charge in [-0.05, 0) is 31.6 Å². The van der Waals surface area contributed by atoms with Crippen molar-refractivity contribution in [2.45, 2.75) is 57.8 Å². The van der Waals surface area contributed by atoms with Crippen molar-refractivity contribution in [2.24, 2.45) is 11.3 Å². The summed E-state index contributed by atoms with van der Waals surface area (Å²) >= 11 is 0. The van der Waals surface area contributed by atoms with Gasteiger partial charge in [0, 0.05) is 38.4 Å². The van der Waals surface area contributed by atoms with Crippen LogP contribution in [0.1, 0.15) is 68.1 Å². The van der Waals surface area contributed by atoms with Crippen molar-refractivity contribution >= 4 is 11.8 Å². The number of hydrogen-bond acceptors (Lipinski definition) is 4. The third-order valence-electron chi connectivity index (χ3n) is 7.13. The highest BCUT2D eigenvalue weighted by Crippen LogP contribution is 2.41. The van der Waals surface area contributed by atoms with Gasteiger partial charge in [-0.25, -0.2) is 0 Å². The van der Waals surface area contributed by atoms with E-state index in [4.69, 9.17) is 0 Å². The Balaban J connectivity index is 1.40. The monoisotopic (exact) mass is 401 g/mol. The summed E-state index contributed by atoms with van der Waals surface area (Å²) in [6.07, 6.45) is 11.4. The van der Waals surface area contributed by atoms with Gasteiger partial charge in [-0.2, -0.15) is 0 Å². The quantitative estimate of drug-likeness (QED) is 0.811. The van der Waals surface area contributed by atoms with Crippen LogP contribution in [-0.2, 0) is 4.79 Å². The van der Waals surface area contributed by atoms with E-state index in [1.54, 1.807) is 4.90 Å². The van der Waals surface area contributed by atoms with E-state index >= 15 is 0 Å². The number of piperidine rings is 1. The molecule has 158 valence electrons. The number of carbonyl (C=O) groups is 2. The smallest absolute Gasteiger partial charge is 0.259 e. The highest BCUT2D eigenvalue weighted by Gasteiger charge is 2.49. The maximum atomic E-state index is 13.3. The zero-order valence-corrected chi connectivity index (χ0v) is 17.0. The van der Waals surface area contributed by atoms with Gasteiger partial charge in [0.25, 0.3) is 11.5 Å². The van der Waals surface area contributed by atoms with Gasteiger partial charge in [-0.15, -0.1) is 0 Å². The molecule has 2 saturated heterocycles. The molecule has 4 rings (SSSR count). The van der Waals surface area contributed by atoms with Gasteiger partial charge in [-0.3, -0.25) is 14.4 Å². The van der Waals surface area contributed by atoms with E-state index in [0.717, 1.165) is 44.3 Å². The van der Waals surface area contributed by atoms with Crippen LogP contribution in [-0.4, -0.2) is 57.9 Å². The largest absolute Gasteiger partial charge is 0.507 e. The molecular weight excluding hydrogens is 370 g/mol. The Morgan fingerprint density at radius 3 is 2.69 bits per heavy atom. The number of hydrogen-bond donors (Lipinski definition) is 2. The van der Waals surface area contributed by atoms with Crippen molar-refractivity contribution in [1.82, 2.24) is 14.8 Å². The highest BCUT2D eigenvalue weighted by molar-refractivity contribution is 5.97. The zero-order valence-electron chi connectivity index (χ0n) is 17.0. The molecule has 1 atom stereocenters. The Bertz CT molecular complexity index is 830. The summed E-state index contributed by atoms with van der Waals surface area (Å²) in [5.74, 6) is 0.298. The Labute approximate surface area is 171 Å². The Hall–Kier alpha value is -2.31. The first-order valence-corrected chi connectivity index (χ1v) is 11.0. The fourth-order valence-corrected chi connectivity index (χ4v) is 5.41. The van der Waals surface area contributed by atoms with Gasteiger partial charge in [0.1, 0.15) is 5.75 Å². The second kappa shape index (κ2) is 8.20. The van der Waals surface area contributed by atoms with E-state index in [1.807, 2.05) is 4.90 Å². The summed E-state index contributed by atoms with van der Waals surface area (Å²) in [7, 11) is 0. The molecule has 0 aromatic carbocycles. The first-order valence-electron chi connectivity index (χ1n) is 11.0. The summed E-state index contributed by atoms with van der Waals surface area (Å²) in [6.45, 7) is 2.55. The third kappa shape index (κ3) is 4.05. The lowest BCUT2D eigenvalue weighted by atomic mass is 9.78. The molecule has 1 saturated carbocycles. The van der Waals surface area contributed by atoms with Crippen LogP contribution >= 0.6 is 0 Å². The number of nitrogens with zero attached hydrogens (tertiary/aromatic N) is 2. The van der Waals surface area contributed by atoms with Crippen LogP contribution in [0.4, 0.5) is 0 Å². The number of carbonyl (C=O) groups excluding carboxylic acids is 2. The lowest BCUT2D eigenvalue weighted by molar-refractivity contribution is -0.145. The topological polar surface area (TPSA) is 93.7 Å². The van der Waals surface area contributed by atoms with Crippen LogP contribution in [0.25, 0.3) is 0 Å². The fraction of sp³-hybridized carbons (Fsp3) is 0.682. The van der Waals surface area contributed by atoms with Gasteiger partial charge in [-0.1, -0.05) is 32.1 Å². The number of amides is 2. The van der Waals surface area contributed by atoms with Crippen LogP contribution in [0.5, 0.6) is 5.75 Å². The van der Waals surface area contributed by atoms with Crippen LogP contribution in [0.2, 0.25) is 0 Å². The number of nitrogens with one attached hydrogen (secondary N) is 1. The molecule has 1 spiro atoms. The van der Waals surface area contributed by atoms with Crippen LogP contribution in [0, 0.1) is 11.3 Å². The predicted molar refractivity (Wildman–Crippen MR) is 109 cm³/mol. The summed E-state index contributed by atoms with van der Waals surface area (Å²) in [6, 6.07) is 1.01. The second-order valence-electron chi connectivity index (χ2n) is 9.04. The minimum absolute atomic E-state index is 0.0825. The number of likely N-dealkylation sites (tertiary alicyclic amines) is 2. The van der Waals surface area contributed by atoms with Gasteiger partial charge >= 0.3 is 0 Å². The van der Waals surface area contributed by atoms with Gasteiger partial charge in [0.2, 0.25) is 5.91 Å². The van der Waals surface area contributed by atoms with Crippen LogP contribution in [0.15, 0.2) is 17.1 Å². The predicted octanol–water partition coefficient (Wildman–Crippen LogP) is 2.51. The number of H-pyrrole nitrogens is 1. The van der Waals surface area contributed by atoms with Crippen molar-refractivity contribution in [2.75, 3.05) is 26.2 Å². The summed E-state index contributed by atoms with van der Waals surface area (Å²) in [5, 5.41) is 9.97. The second-order valence-corrected chi connectivity index (χ2v) is 9.04. The molecule has 2 aliphatic heterocycles. The molecule has 1 aromatic heterocycles. The highest BCUT2D eigenvalue weighted by atomic mass is 16.3. The zero-order chi connectivity index (χ0) is 20.4. The lowest BCUT2D eigenvalue weighted by Crippen LogP contribution is -2.50. The first-order chi connectivity index (χ1) is 14.0. The number of aromatic amines is 1. The molecule has 3 fully saturated rings. The molecule has 29 heavy (non-hydrogen) atoms. The van der Waals surface area contributed by atoms with Crippen molar-refractivity contribution < 1.29 is 14.7 Å². The Morgan fingerprint density at radius 1 is 1.14 bits per heavy atom. The molecule has 7 nitrogen and oxygen atoms in total. The van der Waals surface area contributed by atoms with E-state index < -0.39 is 11.0 Å². The van der Waals surface area contributed by atoms with E-state index in [2.05, 4.69) is 4.98 Å². The average Bonchev–Trinajstić information content (AvgIpc) is 3.15. The molecule has 2 amide bonds. The maximum absolute atomic E-state index is 13.3. The average molecular weight is 402 g/mol. The van der Waals surface area contributed by atoms with Crippen molar-refractivity contribution in [3.63, 3.8) is 0 Å². The summed E-state index contributed by atoms with van der Waals surface area (Å²) in [5.41, 5.74) is -0.856. The van der Waals surface area contributed by atoms with Crippen molar-refractivity contribution in [3.05, 3.63) is 28.2 Å². The third-order valence-corrected chi connectivity index (χ3v) is 7.13. The minimum atomic E-state index is -0.488. The number of pyridine rings is 1. The molecule has 0 radical (unpaired) electrons. The molecule has 2 N–H and O–H groups in total. The van der Waals surface area contributed by atoms with Gasteiger partial charge in [0.15, 0.2) is 0 Å². The molecule has 7 heteroatoms. The molecule has 3 heterocycles. The Morgan fingerprint density at radius 2 is 1.93 bits per heavy atom. The molecular formula is C22H31N3O4. The lowest BCUT2D eigenvalue weighted by Gasteiger charge is -2.40. The molecule has 0 bridgehead atoms. The normalized spacial score (nSPS) is 25.7. The number of aromatic nitrogens is 1. The summed E-state index contributed by atoms with van der Waals surface area (Å²) in [4.78, 5) is 43.6.